The van der Waals surface area contributed by atoms with Gasteiger partial charge < -0.3 is 9.47 Å². The molecule has 0 aliphatic carbocycles. The highest BCUT2D eigenvalue weighted by Crippen LogP contribution is 2.24. The first-order valence-corrected chi connectivity index (χ1v) is 13.5. The molecule has 0 radical (unpaired) electrons. The first kappa shape index (κ1) is 27.0. The van der Waals surface area contributed by atoms with Crippen molar-refractivity contribution in [3.05, 3.63) is 103 Å². The Hall–Kier alpha value is -4.02. The molecule has 0 bridgehead atoms. The predicted molar refractivity (Wildman–Crippen MR) is 142 cm³/mol. The summed E-state index contributed by atoms with van der Waals surface area (Å²) in [6, 6.07) is 19.8. The first-order chi connectivity index (χ1) is 18.1. The second-order valence-corrected chi connectivity index (χ2v) is 11.3. The number of carbonyl (C=O) groups excluding carboxylic acids is 1. The number of sulfonamides is 1. The molecule has 0 unspecified atom stereocenters. The standard InChI is InChI=1S/C28H30N4O5S/c1-22(33)37-28(2,3)21-36-26-8-4-7-24(17-26)20-31(38(34,35)27-9-5-14-29-18-27)19-23-10-12-25(13-11-23)32-16-6-15-30-32/h4-18H,19-21H2,1-3H3. The van der Waals surface area contributed by atoms with Crippen LogP contribution in [0.4, 0.5) is 0 Å². The smallest absolute Gasteiger partial charge is 0.303 e. The Morgan fingerprint density at radius 2 is 1.74 bits per heavy atom. The van der Waals surface area contributed by atoms with Crippen molar-refractivity contribution in [2.24, 2.45) is 0 Å². The molecule has 0 N–H and O–H groups in total. The highest BCUT2D eigenvalue weighted by atomic mass is 32.2. The van der Waals surface area contributed by atoms with Crippen molar-refractivity contribution < 1.29 is 22.7 Å². The van der Waals surface area contributed by atoms with Gasteiger partial charge >= 0.3 is 5.97 Å². The summed E-state index contributed by atoms with van der Waals surface area (Å²) in [5, 5.41) is 4.23. The number of pyridine rings is 1. The molecule has 2 heterocycles. The van der Waals surface area contributed by atoms with Gasteiger partial charge in [0.25, 0.3) is 0 Å². The molecule has 4 aromatic rings. The van der Waals surface area contributed by atoms with Gasteiger partial charge in [-0.15, -0.1) is 0 Å². The normalized spacial score (nSPS) is 11.9. The number of aromatic nitrogens is 3. The van der Waals surface area contributed by atoms with Crippen molar-refractivity contribution in [3.8, 4) is 11.4 Å². The van der Waals surface area contributed by atoms with Crippen molar-refractivity contribution in [3.63, 3.8) is 0 Å². The van der Waals surface area contributed by atoms with Gasteiger partial charge in [-0.2, -0.15) is 9.40 Å². The Kier molecular flexibility index (Phi) is 8.23. The summed E-state index contributed by atoms with van der Waals surface area (Å²) in [5.41, 5.74) is 1.64. The Bertz CT molecular complexity index is 1450. The summed E-state index contributed by atoms with van der Waals surface area (Å²) in [6.45, 7) is 5.29. The highest BCUT2D eigenvalue weighted by Gasteiger charge is 2.26. The second kappa shape index (κ2) is 11.6. The average molecular weight is 535 g/mol. The van der Waals surface area contributed by atoms with Crippen LogP contribution in [0.15, 0.2) is 96.4 Å². The lowest BCUT2D eigenvalue weighted by Gasteiger charge is -2.25. The molecule has 0 saturated heterocycles. The summed E-state index contributed by atoms with van der Waals surface area (Å²) < 4.78 is 41.6. The van der Waals surface area contributed by atoms with Crippen molar-refractivity contribution in [2.75, 3.05) is 6.61 Å². The third kappa shape index (κ3) is 7.05. The van der Waals surface area contributed by atoms with Crippen molar-refractivity contribution in [1.29, 1.82) is 0 Å². The lowest BCUT2D eigenvalue weighted by Crippen LogP contribution is -2.34. The molecule has 2 aromatic carbocycles. The van der Waals surface area contributed by atoms with E-state index in [1.807, 2.05) is 42.6 Å². The van der Waals surface area contributed by atoms with Crippen molar-refractivity contribution in [1.82, 2.24) is 19.1 Å². The molecular formula is C28H30N4O5S. The minimum atomic E-state index is -3.86. The van der Waals surface area contributed by atoms with Crippen LogP contribution in [0.3, 0.4) is 0 Å². The van der Waals surface area contributed by atoms with Crippen LogP contribution in [0.2, 0.25) is 0 Å². The predicted octanol–water partition coefficient (Wildman–Crippen LogP) is 4.38. The lowest BCUT2D eigenvalue weighted by molar-refractivity contribution is -0.156. The summed E-state index contributed by atoms with van der Waals surface area (Å²) in [6.07, 6.45) is 6.43. The van der Waals surface area contributed by atoms with Crippen LogP contribution >= 0.6 is 0 Å². The molecule has 10 heteroatoms. The number of carbonyl (C=O) groups is 1. The average Bonchev–Trinajstić information content (AvgIpc) is 3.43. The first-order valence-electron chi connectivity index (χ1n) is 12.0. The zero-order chi connectivity index (χ0) is 27.2. The minimum absolute atomic E-state index is 0.114. The zero-order valence-electron chi connectivity index (χ0n) is 21.5. The van der Waals surface area contributed by atoms with Crippen LogP contribution in [0.5, 0.6) is 5.75 Å². The molecule has 0 aliphatic heterocycles. The zero-order valence-corrected chi connectivity index (χ0v) is 22.3. The molecule has 9 nitrogen and oxygen atoms in total. The van der Waals surface area contributed by atoms with Crippen LogP contribution < -0.4 is 4.74 Å². The maximum Gasteiger partial charge on any atom is 0.303 e. The third-order valence-corrected chi connectivity index (χ3v) is 7.38. The van der Waals surface area contributed by atoms with Crippen LogP contribution in [-0.4, -0.2) is 45.7 Å². The molecule has 0 fully saturated rings. The van der Waals surface area contributed by atoms with Gasteiger partial charge in [-0.25, -0.2) is 13.1 Å². The molecule has 0 spiro atoms. The van der Waals surface area contributed by atoms with E-state index in [4.69, 9.17) is 9.47 Å². The maximum absolute atomic E-state index is 13.6. The Morgan fingerprint density at radius 3 is 2.39 bits per heavy atom. The fourth-order valence-corrected chi connectivity index (χ4v) is 5.25. The van der Waals surface area contributed by atoms with Gasteiger partial charge in [0.1, 0.15) is 22.9 Å². The Balaban J connectivity index is 1.57. The summed E-state index contributed by atoms with van der Waals surface area (Å²) >= 11 is 0. The highest BCUT2D eigenvalue weighted by molar-refractivity contribution is 7.89. The summed E-state index contributed by atoms with van der Waals surface area (Å²) in [7, 11) is -3.86. The van der Waals surface area contributed by atoms with E-state index in [-0.39, 0.29) is 30.6 Å². The van der Waals surface area contributed by atoms with Gasteiger partial charge in [-0.3, -0.25) is 9.78 Å². The molecule has 0 aliphatic rings. The topological polar surface area (TPSA) is 104 Å². The van der Waals surface area contributed by atoms with Gasteiger partial charge in [0.05, 0.1) is 5.69 Å². The minimum Gasteiger partial charge on any atom is -0.489 e. The van der Waals surface area contributed by atoms with E-state index >= 15 is 0 Å². The summed E-state index contributed by atoms with van der Waals surface area (Å²) in [5.74, 6) is 0.159. The number of hydrogen-bond donors (Lipinski definition) is 0. The van der Waals surface area contributed by atoms with Crippen molar-refractivity contribution >= 4 is 16.0 Å². The molecule has 0 atom stereocenters. The monoisotopic (exact) mass is 534 g/mol. The summed E-state index contributed by atoms with van der Waals surface area (Å²) in [4.78, 5) is 15.4. The number of benzene rings is 2. The fraction of sp³-hybridized carbons (Fsp3) is 0.250. The van der Waals surface area contributed by atoms with Crippen LogP contribution in [0.1, 0.15) is 31.9 Å². The van der Waals surface area contributed by atoms with Gasteiger partial charge in [0.2, 0.25) is 10.0 Å². The quantitative estimate of drug-likeness (QED) is 0.263. The SMILES string of the molecule is CC(=O)OC(C)(C)COc1cccc(CN(Cc2ccc(-n3cccn3)cc2)S(=O)(=O)c2cccnc2)c1. The van der Waals surface area contributed by atoms with Crippen molar-refractivity contribution in [2.45, 2.75) is 44.4 Å². The number of ether oxygens (including phenoxy) is 2. The molecular weight excluding hydrogens is 504 g/mol. The molecule has 198 valence electrons. The number of esters is 1. The van der Waals surface area contributed by atoms with Gasteiger partial charge in [0.15, 0.2) is 0 Å². The molecule has 38 heavy (non-hydrogen) atoms. The molecule has 0 amide bonds. The van der Waals surface area contributed by atoms with Gasteiger partial charge in [-0.1, -0.05) is 24.3 Å². The van der Waals surface area contributed by atoms with E-state index in [9.17, 15) is 13.2 Å². The van der Waals surface area contributed by atoms with E-state index < -0.39 is 15.6 Å². The van der Waals surface area contributed by atoms with E-state index in [2.05, 4.69) is 10.1 Å². The van der Waals surface area contributed by atoms with Crippen LogP contribution in [0.25, 0.3) is 5.69 Å². The lowest BCUT2D eigenvalue weighted by atomic mass is 10.1. The van der Waals surface area contributed by atoms with Crippen LogP contribution in [0, 0.1) is 0 Å². The molecule has 2 aromatic heterocycles. The molecule has 4 rings (SSSR count). The number of nitrogens with zero attached hydrogens (tertiary/aromatic N) is 4. The Labute approximate surface area is 222 Å². The number of hydrogen-bond acceptors (Lipinski definition) is 7. The van der Waals surface area contributed by atoms with Crippen LogP contribution in [-0.2, 0) is 32.6 Å². The maximum atomic E-state index is 13.6. The second-order valence-electron chi connectivity index (χ2n) is 9.37. The third-order valence-electron chi connectivity index (χ3n) is 5.60. The fourth-order valence-electron chi connectivity index (χ4n) is 3.87. The van der Waals surface area contributed by atoms with E-state index in [1.165, 1.54) is 29.7 Å². The van der Waals surface area contributed by atoms with Gasteiger partial charge in [-0.05, 0) is 67.4 Å². The van der Waals surface area contributed by atoms with E-state index in [0.29, 0.717) is 5.75 Å². The van der Waals surface area contributed by atoms with E-state index in [0.717, 1.165) is 16.8 Å². The largest absolute Gasteiger partial charge is 0.489 e. The molecule has 0 saturated carbocycles. The van der Waals surface area contributed by atoms with Gasteiger partial charge in [0, 0.05) is 44.8 Å². The number of rotatable bonds is 11. The Morgan fingerprint density at radius 1 is 0.974 bits per heavy atom. The van der Waals surface area contributed by atoms with E-state index in [1.54, 1.807) is 49.0 Å².